The first kappa shape index (κ1) is 11.6. The van der Waals surface area contributed by atoms with E-state index in [2.05, 4.69) is 31.0 Å². The van der Waals surface area contributed by atoms with Gasteiger partial charge in [0.1, 0.15) is 0 Å². The number of hydrogen-bond acceptors (Lipinski definition) is 1. The molecule has 0 saturated heterocycles. The summed E-state index contributed by atoms with van der Waals surface area (Å²) in [5, 5.41) is 0. The Balaban J connectivity index is 2.80. The smallest absolute Gasteiger partial charge is 0.195 e. The minimum Gasteiger partial charge on any atom is -0.370 e. The molecule has 0 fully saturated rings. The highest BCUT2D eigenvalue weighted by molar-refractivity contribution is 5.94. The molecule has 0 unspecified atom stereocenters. The average Bonchev–Trinajstić information content (AvgIpc) is 2.24. The lowest BCUT2D eigenvalue weighted by Gasteiger charge is -2.18. The highest BCUT2D eigenvalue weighted by Crippen LogP contribution is 2.13. The molecule has 0 atom stereocenters. The Morgan fingerprint density at radius 1 is 1.47 bits per heavy atom. The quantitative estimate of drug-likeness (QED) is 0.607. The Bertz CT molecular complexity index is 344. The van der Waals surface area contributed by atoms with Crippen LogP contribution in [-0.4, -0.2) is 19.6 Å². The van der Waals surface area contributed by atoms with E-state index in [4.69, 9.17) is 5.73 Å². The second-order valence-corrected chi connectivity index (χ2v) is 3.64. The molecule has 1 rings (SSSR count). The lowest BCUT2D eigenvalue weighted by atomic mass is 10.2. The highest BCUT2D eigenvalue weighted by atomic mass is 15.2. The second-order valence-electron chi connectivity index (χ2n) is 3.64. The summed E-state index contributed by atoms with van der Waals surface area (Å²) in [5.74, 6) is 0.572. The fourth-order valence-electron chi connectivity index (χ4n) is 1.30. The zero-order chi connectivity index (χ0) is 11.3. The van der Waals surface area contributed by atoms with Crippen LogP contribution in [0.3, 0.4) is 0 Å². The summed E-state index contributed by atoms with van der Waals surface area (Å²) in [6.07, 6.45) is 1.02. The van der Waals surface area contributed by atoms with E-state index >= 15 is 0 Å². The molecule has 0 bridgehead atoms. The Labute approximate surface area is 91.6 Å². The van der Waals surface area contributed by atoms with E-state index < -0.39 is 0 Å². The standard InChI is InChI=1S/C12H19N3/c1-4-8-14-12(13)15(3)11-7-5-6-10(2)9-11/h5-7,9H,4,8H2,1-3H3,(H2,13,14). The van der Waals surface area contributed by atoms with Crippen molar-refractivity contribution < 1.29 is 0 Å². The van der Waals surface area contributed by atoms with Crippen molar-refractivity contribution in [1.82, 2.24) is 0 Å². The number of aliphatic imine (C=N–C) groups is 1. The van der Waals surface area contributed by atoms with Gasteiger partial charge in [0.25, 0.3) is 0 Å². The first-order chi connectivity index (χ1) is 7.15. The van der Waals surface area contributed by atoms with Gasteiger partial charge in [-0.15, -0.1) is 0 Å². The monoisotopic (exact) mass is 205 g/mol. The number of benzene rings is 1. The van der Waals surface area contributed by atoms with Gasteiger partial charge in [-0.2, -0.15) is 0 Å². The van der Waals surface area contributed by atoms with Crippen molar-refractivity contribution in [3.63, 3.8) is 0 Å². The minimum atomic E-state index is 0.572. The predicted molar refractivity (Wildman–Crippen MR) is 66.4 cm³/mol. The number of nitrogens with two attached hydrogens (primary N) is 1. The highest BCUT2D eigenvalue weighted by Gasteiger charge is 2.03. The Hall–Kier alpha value is -1.51. The van der Waals surface area contributed by atoms with Crippen molar-refractivity contribution in [1.29, 1.82) is 0 Å². The molecule has 15 heavy (non-hydrogen) atoms. The topological polar surface area (TPSA) is 41.6 Å². The molecule has 3 heteroatoms. The van der Waals surface area contributed by atoms with Crippen molar-refractivity contribution in [2.45, 2.75) is 20.3 Å². The average molecular weight is 205 g/mol. The normalized spacial score (nSPS) is 11.5. The molecule has 2 N–H and O–H groups in total. The number of hydrogen-bond donors (Lipinski definition) is 1. The molecule has 0 spiro atoms. The fraction of sp³-hybridized carbons (Fsp3) is 0.417. The largest absolute Gasteiger partial charge is 0.370 e. The van der Waals surface area contributed by atoms with E-state index in [1.165, 1.54) is 5.56 Å². The van der Waals surface area contributed by atoms with Gasteiger partial charge < -0.3 is 10.6 Å². The van der Waals surface area contributed by atoms with Crippen molar-refractivity contribution in [3.05, 3.63) is 29.8 Å². The minimum absolute atomic E-state index is 0.572. The first-order valence-corrected chi connectivity index (χ1v) is 5.25. The fourth-order valence-corrected chi connectivity index (χ4v) is 1.30. The molecule has 0 saturated carbocycles. The summed E-state index contributed by atoms with van der Waals surface area (Å²) < 4.78 is 0. The van der Waals surface area contributed by atoms with E-state index in [1.54, 1.807) is 0 Å². The van der Waals surface area contributed by atoms with E-state index in [-0.39, 0.29) is 0 Å². The van der Waals surface area contributed by atoms with Crippen LogP contribution in [0, 0.1) is 6.92 Å². The van der Waals surface area contributed by atoms with E-state index in [1.807, 2.05) is 24.1 Å². The SMILES string of the molecule is CCCN=C(N)N(C)c1cccc(C)c1. The van der Waals surface area contributed by atoms with Crippen molar-refractivity contribution in [2.75, 3.05) is 18.5 Å². The number of rotatable bonds is 3. The molecule has 3 nitrogen and oxygen atoms in total. The van der Waals surface area contributed by atoms with Crippen LogP contribution in [0.15, 0.2) is 29.3 Å². The molecule has 0 heterocycles. The third-order valence-electron chi connectivity index (χ3n) is 2.23. The van der Waals surface area contributed by atoms with Crippen LogP contribution < -0.4 is 10.6 Å². The molecule has 0 amide bonds. The van der Waals surface area contributed by atoms with Gasteiger partial charge in [0.05, 0.1) is 0 Å². The van der Waals surface area contributed by atoms with Gasteiger partial charge in [0.15, 0.2) is 5.96 Å². The van der Waals surface area contributed by atoms with Gasteiger partial charge in [-0.05, 0) is 31.0 Å². The number of nitrogens with zero attached hydrogens (tertiary/aromatic N) is 2. The van der Waals surface area contributed by atoms with Gasteiger partial charge in [0, 0.05) is 19.3 Å². The van der Waals surface area contributed by atoms with Crippen molar-refractivity contribution >= 4 is 11.6 Å². The van der Waals surface area contributed by atoms with Crippen LogP contribution in [0.2, 0.25) is 0 Å². The van der Waals surface area contributed by atoms with Crippen LogP contribution in [0.5, 0.6) is 0 Å². The molecule has 0 radical (unpaired) electrons. The van der Waals surface area contributed by atoms with Crippen LogP contribution >= 0.6 is 0 Å². The molecule has 1 aromatic rings. The number of anilines is 1. The summed E-state index contributed by atoms with van der Waals surface area (Å²) in [6, 6.07) is 8.21. The Morgan fingerprint density at radius 2 is 2.20 bits per heavy atom. The molecular formula is C12H19N3. The summed E-state index contributed by atoms with van der Waals surface area (Å²) >= 11 is 0. The molecular weight excluding hydrogens is 186 g/mol. The summed E-state index contributed by atoms with van der Waals surface area (Å²) in [7, 11) is 1.93. The zero-order valence-electron chi connectivity index (χ0n) is 9.70. The molecule has 1 aromatic carbocycles. The third-order valence-corrected chi connectivity index (χ3v) is 2.23. The second kappa shape index (κ2) is 5.39. The molecule has 0 aliphatic rings. The zero-order valence-corrected chi connectivity index (χ0v) is 9.70. The number of aryl methyl sites for hydroxylation is 1. The Kier molecular flexibility index (Phi) is 4.16. The summed E-state index contributed by atoms with van der Waals surface area (Å²) in [6.45, 7) is 4.93. The van der Waals surface area contributed by atoms with Gasteiger partial charge in [-0.25, -0.2) is 0 Å². The molecule has 0 aromatic heterocycles. The summed E-state index contributed by atoms with van der Waals surface area (Å²) in [4.78, 5) is 6.17. The van der Waals surface area contributed by atoms with E-state index in [9.17, 15) is 0 Å². The van der Waals surface area contributed by atoms with Crippen LogP contribution in [0.4, 0.5) is 5.69 Å². The predicted octanol–water partition coefficient (Wildman–Crippen LogP) is 2.16. The lowest BCUT2D eigenvalue weighted by molar-refractivity contribution is 0.923. The summed E-state index contributed by atoms with van der Waals surface area (Å²) in [5.41, 5.74) is 8.16. The third kappa shape index (κ3) is 3.27. The Morgan fingerprint density at radius 3 is 2.80 bits per heavy atom. The van der Waals surface area contributed by atoms with E-state index in [0.29, 0.717) is 5.96 Å². The van der Waals surface area contributed by atoms with Crippen molar-refractivity contribution in [2.24, 2.45) is 10.7 Å². The van der Waals surface area contributed by atoms with Gasteiger partial charge in [-0.1, -0.05) is 19.1 Å². The maximum absolute atomic E-state index is 5.86. The van der Waals surface area contributed by atoms with Crippen LogP contribution in [0.25, 0.3) is 0 Å². The molecule has 82 valence electrons. The van der Waals surface area contributed by atoms with Crippen LogP contribution in [0.1, 0.15) is 18.9 Å². The van der Waals surface area contributed by atoms with E-state index in [0.717, 1.165) is 18.7 Å². The molecule has 0 aliphatic carbocycles. The maximum atomic E-state index is 5.86. The maximum Gasteiger partial charge on any atom is 0.195 e. The van der Waals surface area contributed by atoms with Crippen LogP contribution in [-0.2, 0) is 0 Å². The van der Waals surface area contributed by atoms with Gasteiger partial charge in [-0.3, -0.25) is 4.99 Å². The van der Waals surface area contributed by atoms with Crippen molar-refractivity contribution in [3.8, 4) is 0 Å². The first-order valence-electron chi connectivity index (χ1n) is 5.25. The number of guanidine groups is 1. The van der Waals surface area contributed by atoms with Gasteiger partial charge >= 0.3 is 0 Å². The van der Waals surface area contributed by atoms with Gasteiger partial charge in [0.2, 0.25) is 0 Å². The molecule has 0 aliphatic heterocycles. The lowest BCUT2D eigenvalue weighted by Crippen LogP contribution is -2.34.